The molecule has 0 saturated heterocycles. The second kappa shape index (κ2) is 5.50. The predicted molar refractivity (Wildman–Crippen MR) is 82.4 cm³/mol. The molecule has 3 heterocycles. The molecule has 3 aromatic heterocycles. The average molecular weight is 294 g/mol. The minimum absolute atomic E-state index is 0.259. The number of thiophene rings is 3. The van der Waals surface area contributed by atoms with Crippen molar-refractivity contribution in [1.82, 2.24) is 5.43 Å². The molecule has 1 atom stereocenters. The summed E-state index contributed by atoms with van der Waals surface area (Å²) in [5, 5.41) is 6.48. The van der Waals surface area contributed by atoms with E-state index in [1.165, 1.54) is 19.8 Å². The van der Waals surface area contributed by atoms with E-state index in [9.17, 15) is 0 Å². The summed E-state index contributed by atoms with van der Waals surface area (Å²) in [5.41, 5.74) is 4.35. The molecule has 1 unspecified atom stereocenters. The Balaban J connectivity index is 1.73. The lowest BCUT2D eigenvalue weighted by Gasteiger charge is -2.13. The number of nitrogens with one attached hydrogen (secondary N) is 1. The SMILES string of the molecule is NNC(CCc1ccsc1)c1cc2sccc2s1. The molecule has 2 nitrogen and oxygen atoms in total. The predicted octanol–water partition coefficient (Wildman–Crippen LogP) is 4.16. The number of rotatable bonds is 5. The zero-order chi connectivity index (χ0) is 12.4. The summed E-state index contributed by atoms with van der Waals surface area (Å²) < 4.78 is 2.73. The van der Waals surface area contributed by atoms with Gasteiger partial charge in [0.2, 0.25) is 0 Å². The van der Waals surface area contributed by atoms with E-state index < -0.39 is 0 Å². The van der Waals surface area contributed by atoms with Crippen molar-refractivity contribution in [1.29, 1.82) is 0 Å². The highest BCUT2D eigenvalue weighted by molar-refractivity contribution is 7.26. The van der Waals surface area contributed by atoms with Crippen LogP contribution in [0.5, 0.6) is 0 Å². The molecule has 18 heavy (non-hydrogen) atoms. The first-order valence-electron chi connectivity index (χ1n) is 5.81. The largest absolute Gasteiger partial charge is 0.271 e. The first-order valence-corrected chi connectivity index (χ1v) is 8.45. The maximum absolute atomic E-state index is 5.70. The standard InChI is InChI=1S/C13H14N2S3/c14-15-10(2-1-9-3-5-16-8-9)12-7-13-11(18-12)4-6-17-13/h3-8,10,15H,1-2,14H2. The maximum Gasteiger partial charge on any atom is 0.0557 e. The van der Waals surface area contributed by atoms with Crippen molar-refractivity contribution in [3.63, 3.8) is 0 Å². The number of aryl methyl sites for hydroxylation is 1. The lowest BCUT2D eigenvalue weighted by Crippen LogP contribution is -2.27. The Morgan fingerprint density at radius 1 is 1.22 bits per heavy atom. The fourth-order valence-electron chi connectivity index (χ4n) is 2.01. The lowest BCUT2D eigenvalue weighted by molar-refractivity contribution is 0.525. The highest BCUT2D eigenvalue weighted by Gasteiger charge is 2.13. The molecule has 0 amide bonds. The van der Waals surface area contributed by atoms with Gasteiger partial charge in [0.25, 0.3) is 0 Å². The Morgan fingerprint density at radius 3 is 2.89 bits per heavy atom. The van der Waals surface area contributed by atoms with Gasteiger partial charge in [-0.3, -0.25) is 11.3 Å². The fourth-order valence-corrected chi connectivity index (χ4v) is 4.93. The lowest BCUT2D eigenvalue weighted by atomic mass is 10.1. The van der Waals surface area contributed by atoms with Gasteiger partial charge in [-0.1, -0.05) is 0 Å². The number of hydrazine groups is 1. The van der Waals surface area contributed by atoms with Crippen molar-refractivity contribution in [3.05, 3.63) is 44.8 Å². The van der Waals surface area contributed by atoms with E-state index in [0.29, 0.717) is 0 Å². The highest BCUT2D eigenvalue weighted by atomic mass is 32.1. The quantitative estimate of drug-likeness (QED) is 0.548. The van der Waals surface area contributed by atoms with E-state index >= 15 is 0 Å². The Kier molecular flexibility index (Phi) is 3.77. The van der Waals surface area contributed by atoms with Crippen LogP contribution in [-0.2, 0) is 6.42 Å². The van der Waals surface area contributed by atoms with Crippen LogP contribution >= 0.6 is 34.0 Å². The second-order valence-electron chi connectivity index (χ2n) is 4.19. The van der Waals surface area contributed by atoms with Crippen molar-refractivity contribution >= 4 is 43.4 Å². The van der Waals surface area contributed by atoms with E-state index in [1.54, 1.807) is 22.7 Å². The van der Waals surface area contributed by atoms with Gasteiger partial charge in [0.15, 0.2) is 0 Å². The molecule has 0 aliphatic heterocycles. The number of fused-ring (bicyclic) bond motifs is 1. The number of hydrogen-bond acceptors (Lipinski definition) is 5. The minimum Gasteiger partial charge on any atom is -0.271 e. The first kappa shape index (κ1) is 12.3. The van der Waals surface area contributed by atoms with Gasteiger partial charge in [0, 0.05) is 14.3 Å². The number of nitrogens with two attached hydrogens (primary N) is 1. The van der Waals surface area contributed by atoms with Crippen LogP contribution in [0.15, 0.2) is 34.3 Å². The normalized spacial score (nSPS) is 13.2. The molecule has 0 bridgehead atoms. The topological polar surface area (TPSA) is 38.0 Å². The van der Waals surface area contributed by atoms with Crippen LogP contribution in [0.1, 0.15) is 22.9 Å². The van der Waals surface area contributed by atoms with Crippen LogP contribution in [0, 0.1) is 0 Å². The molecule has 3 rings (SSSR count). The van der Waals surface area contributed by atoms with Crippen molar-refractivity contribution in [2.24, 2.45) is 5.84 Å². The van der Waals surface area contributed by atoms with E-state index in [1.807, 2.05) is 11.3 Å². The molecule has 0 fully saturated rings. The van der Waals surface area contributed by atoms with Crippen LogP contribution in [0.3, 0.4) is 0 Å². The zero-order valence-corrected chi connectivity index (χ0v) is 12.2. The first-order chi connectivity index (χ1) is 8.86. The van der Waals surface area contributed by atoms with E-state index in [-0.39, 0.29) is 6.04 Å². The van der Waals surface area contributed by atoms with Crippen LogP contribution < -0.4 is 11.3 Å². The molecule has 3 N–H and O–H groups in total. The molecule has 0 aromatic carbocycles. The average Bonchev–Trinajstić information content (AvgIpc) is 3.04. The van der Waals surface area contributed by atoms with Crippen molar-refractivity contribution in [3.8, 4) is 0 Å². The molecule has 0 saturated carbocycles. The van der Waals surface area contributed by atoms with Crippen molar-refractivity contribution < 1.29 is 0 Å². The molecule has 94 valence electrons. The van der Waals surface area contributed by atoms with Gasteiger partial charge in [-0.2, -0.15) is 11.3 Å². The molecule has 5 heteroatoms. The Bertz CT molecular complexity index is 581. The van der Waals surface area contributed by atoms with Crippen molar-refractivity contribution in [2.75, 3.05) is 0 Å². The molecule has 3 aromatic rings. The Hall–Kier alpha value is -0.720. The van der Waals surface area contributed by atoms with E-state index in [4.69, 9.17) is 5.84 Å². The van der Waals surface area contributed by atoms with Gasteiger partial charge in [0.05, 0.1) is 6.04 Å². The van der Waals surface area contributed by atoms with Gasteiger partial charge < -0.3 is 0 Å². The summed E-state index contributed by atoms with van der Waals surface area (Å²) >= 11 is 5.39. The third-order valence-electron chi connectivity index (χ3n) is 3.00. The molecular formula is C13H14N2S3. The smallest absolute Gasteiger partial charge is 0.0557 e. The minimum atomic E-state index is 0.259. The van der Waals surface area contributed by atoms with Crippen LogP contribution in [0.2, 0.25) is 0 Å². The summed E-state index contributed by atoms with van der Waals surface area (Å²) in [7, 11) is 0. The monoisotopic (exact) mass is 294 g/mol. The molecule has 0 radical (unpaired) electrons. The Labute approximate surface area is 118 Å². The molecule has 0 aliphatic rings. The van der Waals surface area contributed by atoms with Crippen molar-refractivity contribution in [2.45, 2.75) is 18.9 Å². The number of hydrogen-bond donors (Lipinski definition) is 2. The third kappa shape index (κ3) is 2.50. The molecule has 0 aliphatic carbocycles. The van der Waals surface area contributed by atoms with E-state index in [0.717, 1.165) is 12.8 Å². The summed E-state index contributed by atoms with van der Waals surface area (Å²) in [5.74, 6) is 5.70. The van der Waals surface area contributed by atoms with Gasteiger partial charge in [-0.05, 0) is 52.7 Å². The maximum atomic E-state index is 5.70. The summed E-state index contributed by atoms with van der Waals surface area (Å²) in [4.78, 5) is 1.34. The summed E-state index contributed by atoms with van der Waals surface area (Å²) in [6.45, 7) is 0. The third-order valence-corrected chi connectivity index (χ3v) is 5.94. The summed E-state index contributed by atoms with van der Waals surface area (Å²) in [6.07, 6.45) is 2.12. The summed E-state index contributed by atoms with van der Waals surface area (Å²) in [6, 6.07) is 6.89. The zero-order valence-electron chi connectivity index (χ0n) is 9.76. The van der Waals surface area contributed by atoms with E-state index in [2.05, 4.69) is 39.8 Å². The van der Waals surface area contributed by atoms with Gasteiger partial charge >= 0.3 is 0 Å². The van der Waals surface area contributed by atoms with Gasteiger partial charge in [0.1, 0.15) is 0 Å². The van der Waals surface area contributed by atoms with Gasteiger partial charge in [-0.15, -0.1) is 22.7 Å². The van der Waals surface area contributed by atoms with Crippen LogP contribution in [0.4, 0.5) is 0 Å². The van der Waals surface area contributed by atoms with Crippen LogP contribution in [-0.4, -0.2) is 0 Å². The highest BCUT2D eigenvalue weighted by Crippen LogP contribution is 2.34. The van der Waals surface area contributed by atoms with Gasteiger partial charge in [-0.25, -0.2) is 0 Å². The Morgan fingerprint density at radius 2 is 2.17 bits per heavy atom. The second-order valence-corrected chi connectivity index (χ2v) is 7.03. The van der Waals surface area contributed by atoms with Crippen LogP contribution in [0.25, 0.3) is 9.40 Å². The molecular weight excluding hydrogens is 280 g/mol. The fraction of sp³-hybridized carbons (Fsp3) is 0.231. The molecule has 0 spiro atoms.